The van der Waals surface area contributed by atoms with E-state index in [0.717, 1.165) is 25.9 Å². The van der Waals surface area contributed by atoms with Crippen LogP contribution in [0, 0.1) is 24.3 Å². The Morgan fingerprint density at radius 2 is 1.72 bits per heavy atom. The molecule has 0 aliphatic rings. The van der Waals surface area contributed by atoms with E-state index in [1.54, 1.807) is 18.2 Å². The molecule has 0 aliphatic carbocycles. The van der Waals surface area contributed by atoms with E-state index in [1.165, 1.54) is 0 Å². The molecule has 2 aromatic carbocycles. The van der Waals surface area contributed by atoms with Crippen molar-refractivity contribution in [3.8, 4) is 0 Å². The highest BCUT2D eigenvalue weighted by Gasteiger charge is 2.15. The Labute approximate surface area is 162 Å². The minimum atomic E-state index is -3.61. The maximum Gasteiger partial charge on any atom is 0.240 e. The SMILES string of the molecule is Cc1ccc(S(=O)(=O)NCCC(=O)Nc2ccc(I)cc2C)cc1C. The molecule has 25 heavy (non-hydrogen) atoms. The van der Waals surface area contributed by atoms with Crippen molar-refractivity contribution in [2.45, 2.75) is 32.1 Å². The standard InChI is InChI=1S/C18H21IN2O3S/c1-12-4-6-16(11-13(12)2)25(23,24)20-9-8-18(22)21-17-7-5-15(19)10-14(17)3/h4-7,10-11,20H,8-9H2,1-3H3,(H,21,22). The number of hydrogen-bond acceptors (Lipinski definition) is 3. The number of carbonyl (C=O) groups is 1. The first-order chi connectivity index (χ1) is 11.7. The monoisotopic (exact) mass is 472 g/mol. The van der Waals surface area contributed by atoms with Crippen molar-refractivity contribution >= 4 is 44.2 Å². The van der Waals surface area contributed by atoms with Crippen LogP contribution in [0.15, 0.2) is 41.3 Å². The smallest absolute Gasteiger partial charge is 0.240 e. The maximum atomic E-state index is 12.3. The lowest BCUT2D eigenvalue weighted by atomic mass is 10.1. The molecule has 134 valence electrons. The van der Waals surface area contributed by atoms with Gasteiger partial charge in [-0.15, -0.1) is 0 Å². The van der Waals surface area contributed by atoms with E-state index in [4.69, 9.17) is 0 Å². The van der Waals surface area contributed by atoms with Crippen molar-refractivity contribution in [3.05, 3.63) is 56.7 Å². The van der Waals surface area contributed by atoms with Crippen molar-refractivity contribution in [1.29, 1.82) is 0 Å². The van der Waals surface area contributed by atoms with Crippen LogP contribution in [0.25, 0.3) is 0 Å². The van der Waals surface area contributed by atoms with Gasteiger partial charge in [0.25, 0.3) is 0 Å². The lowest BCUT2D eigenvalue weighted by Gasteiger charge is -2.10. The number of halogens is 1. The molecule has 0 aliphatic heterocycles. The van der Waals surface area contributed by atoms with Crippen LogP contribution >= 0.6 is 22.6 Å². The van der Waals surface area contributed by atoms with E-state index in [9.17, 15) is 13.2 Å². The molecule has 0 saturated carbocycles. The normalized spacial score (nSPS) is 11.4. The first kappa shape index (κ1) is 19.9. The van der Waals surface area contributed by atoms with Crippen LogP contribution in [0.4, 0.5) is 5.69 Å². The number of hydrogen-bond donors (Lipinski definition) is 2. The Kier molecular flexibility index (Phi) is 6.59. The Morgan fingerprint density at radius 3 is 2.36 bits per heavy atom. The summed E-state index contributed by atoms with van der Waals surface area (Å²) < 4.78 is 28.1. The molecule has 0 aromatic heterocycles. The quantitative estimate of drug-likeness (QED) is 0.632. The van der Waals surface area contributed by atoms with Crippen LogP contribution in [0.2, 0.25) is 0 Å². The van der Waals surface area contributed by atoms with Gasteiger partial charge in [-0.1, -0.05) is 6.07 Å². The van der Waals surface area contributed by atoms with Crippen molar-refractivity contribution in [2.24, 2.45) is 0 Å². The highest BCUT2D eigenvalue weighted by molar-refractivity contribution is 14.1. The molecule has 5 nitrogen and oxygen atoms in total. The fraction of sp³-hybridized carbons (Fsp3) is 0.278. The number of rotatable bonds is 6. The largest absolute Gasteiger partial charge is 0.326 e. The topological polar surface area (TPSA) is 75.3 Å². The first-order valence-electron chi connectivity index (χ1n) is 7.82. The highest BCUT2D eigenvalue weighted by atomic mass is 127. The summed E-state index contributed by atoms with van der Waals surface area (Å²) in [7, 11) is -3.61. The van der Waals surface area contributed by atoms with E-state index < -0.39 is 10.0 Å². The number of benzene rings is 2. The molecule has 0 saturated heterocycles. The first-order valence-corrected chi connectivity index (χ1v) is 10.4. The molecule has 2 aromatic rings. The van der Waals surface area contributed by atoms with Gasteiger partial charge in [0.1, 0.15) is 0 Å². The zero-order chi connectivity index (χ0) is 18.6. The Morgan fingerprint density at radius 1 is 1.00 bits per heavy atom. The Balaban J connectivity index is 1.92. The summed E-state index contributed by atoms with van der Waals surface area (Å²) in [6.45, 7) is 5.76. The second-order valence-corrected chi connectivity index (χ2v) is 8.91. The van der Waals surface area contributed by atoms with E-state index >= 15 is 0 Å². The number of aryl methyl sites for hydroxylation is 3. The van der Waals surface area contributed by atoms with Crippen LogP contribution < -0.4 is 10.0 Å². The number of nitrogens with one attached hydrogen (secondary N) is 2. The second-order valence-electron chi connectivity index (χ2n) is 5.90. The molecule has 0 radical (unpaired) electrons. The predicted octanol–water partition coefficient (Wildman–Crippen LogP) is 3.52. The maximum absolute atomic E-state index is 12.3. The zero-order valence-electron chi connectivity index (χ0n) is 14.4. The molecular weight excluding hydrogens is 451 g/mol. The molecule has 0 atom stereocenters. The predicted molar refractivity (Wildman–Crippen MR) is 108 cm³/mol. The van der Waals surface area contributed by atoms with Crippen LogP contribution in [0.5, 0.6) is 0 Å². The zero-order valence-corrected chi connectivity index (χ0v) is 17.4. The van der Waals surface area contributed by atoms with E-state index in [2.05, 4.69) is 32.6 Å². The molecule has 2 N–H and O–H groups in total. The summed E-state index contributed by atoms with van der Waals surface area (Å²) in [4.78, 5) is 12.2. The summed E-state index contributed by atoms with van der Waals surface area (Å²) in [6.07, 6.45) is 0.0650. The second kappa shape index (κ2) is 8.29. The highest BCUT2D eigenvalue weighted by Crippen LogP contribution is 2.18. The molecule has 2 rings (SSSR count). The van der Waals surface area contributed by atoms with Gasteiger partial charge in [-0.3, -0.25) is 4.79 Å². The van der Waals surface area contributed by atoms with Crippen LogP contribution in [-0.2, 0) is 14.8 Å². The molecule has 0 fully saturated rings. The molecule has 0 spiro atoms. The van der Waals surface area contributed by atoms with Gasteiger partial charge in [0, 0.05) is 22.2 Å². The molecule has 0 unspecified atom stereocenters. The fourth-order valence-corrected chi connectivity index (χ4v) is 4.01. The summed E-state index contributed by atoms with van der Waals surface area (Å²) in [6, 6.07) is 10.7. The van der Waals surface area contributed by atoms with Crippen LogP contribution in [0.1, 0.15) is 23.1 Å². The van der Waals surface area contributed by atoms with Crippen molar-refractivity contribution < 1.29 is 13.2 Å². The number of anilines is 1. The van der Waals surface area contributed by atoms with Gasteiger partial charge >= 0.3 is 0 Å². The van der Waals surface area contributed by atoms with Gasteiger partial charge in [0.15, 0.2) is 0 Å². The van der Waals surface area contributed by atoms with E-state index in [1.807, 2.05) is 39.0 Å². The number of amides is 1. The molecule has 7 heteroatoms. The molecule has 1 amide bonds. The van der Waals surface area contributed by atoms with Gasteiger partial charge in [0.2, 0.25) is 15.9 Å². The summed E-state index contributed by atoms with van der Waals surface area (Å²) >= 11 is 2.21. The van der Waals surface area contributed by atoms with Gasteiger partial charge in [-0.05, 0) is 90.4 Å². The number of carbonyl (C=O) groups excluding carboxylic acids is 1. The lowest BCUT2D eigenvalue weighted by molar-refractivity contribution is -0.116. The van der Waals surface area contributed by atoms with E-state index in [-0.39, 0.29) is 23.8 Å². The average molecular weight is 472 g/mol. The molecule has 0 bridgehead atoms. The third-order valence-corrected chi connectivity index (χ3v) is 6.03. The fourth-order valence-electron chi connectivity index (χ4n) is 2.24. The van der Waals surface area contributed by atoms with Gasteiger partial charge in [0.05, 0.1) is 4.90 Å². The summed E-state index contributed by atoms with van der Waals surface area (Å²) in [5.74, 6) is -0.230. The van der Waals surface area contributed by atoms with Gasteiger partial charge < -0.3 is 5.32 Å². The van der Waals surface area contributed by atoms with E-state index in [0.29, 0.717) is 0 Å². The summed E-state index contributed by atoms with van der Waals surface area (Å²) in [5.41, 5.74) is 3.65. The molecular formula is C18H21IN2O3S. The van der Waals surface area contributed by atoms with Crippen LogP contribution in [-0.4, -0.2) is 20.9 Å². The minimum absolute atomic E-state index is 0.0461. The number of sulfonamides is 1. The van der Waals surface area contributed by atoms with Crippen LogP contribution in [0.3, 0.4) is 0 Å². The van der Waals surface area contributed by atoms with Gasteiger partial charge in [-0.2, -0.15) is 0 Å². The third kappa shape index (κ3) is 5.52. The van der Waals surface area contributed by atoms with Crippen molar-refractivity contribution in [3.63, 3.8) is 0 Å². The summed E-state index contributed by atoms with van der Waals surface area (Å²) in [5, 5.41) is 2.80. The molecule has 0 heterocycles. The van der Waals surface area contributed by atoms with Gasteiger partial charge in [-0.25, -0.2) is 13.1 Å². The van der Waals surface area contributed by atoms with Crippen molar-refractivity contribution in [1.82, 2.24) is 4.72 Å². The Bertz CT molecular complexity index is 895. The third-order valence-electron chi connectivity index (χ3n) is 3.90. The van der Waals surface area contributed by atoms with Crippen molar-refractivity contribution in [2.75, 3.05) is 11.9 Å². The minimum Gasteiger partial charge on any atom is -0.326 e. The average Bonchev–Trinajstić information content (AvgIpc) is 2.52. The lowest BCUT2D eigenvalue weighted by Crippen LogP contribution is -2.28. The Hall–Kier alpha value is -1.45.